The summed E-state index contributed by atoms with van der Waals surface area (Å²) in [5.74, 6) is 0.841. The minimum Gasteiger partial charge on any atom is -0.415 e. The molecule has 0 aliphatic heterocycles. The van der Waals surface area contributed by atoms with Crippen LogP contribution in [0.5, 0.6) is 0 Å². The number of aryl methyl sites for hydroxylation is 1. The van der Waals surface area contributed by atoms with Crippen molar-refractivity contribution in [2.45, 2.75) is 6.92 Å². The molecule has 7 heteroatoms. The molecule has 0 saturated heterocycles. The van der Waals surface area contributed by atoms with Crippen LogP contribution in [0.4, 0.5) is 0 Å². The number of hydrogen-bond donors (Lipinski definition) is 0. The molecule has 0 unspecified atom stereocenters. The molecule has 0 fully saturated rings. The third-order valence-corrected chi connectivity index (χ3v) is 4.25. The molecule has 104 valence electrons. The monoisotopic (exact) mass is 316 g/mol. The van der Waals surface area contributed by atoms with E-state index >= 15 is 0 Å². The lowest BCUT2D eigenvalue weighted by Crippen LogP contribution is -1.86. The van der Waals surface area contributed by atoms with Gasteiger partial charge >= 0.3 is 0 Å². The zero-order valence-corrected chi connectivity index (χ0v) is 12.5. The molecular weight excluding hydrogens is 308 g/mol. The molecule has 21 heavy (non-hydrogen) atoms. The Morgan fingerprint density at radius 2 is 2.00 bits per heavy atom. The van der Waals surface area contributed by atoms with Crippen molar-refractivity contribution in [2.24, 2.45) is 0 Å². The van der Waals surface area contributed by atoms with E-state index in [9.17, 15) is 0 Å². The summed E-state index contributed by atoms with van der Waals surface area (Å²) in [4.78, 5) is 5.38. The molecule has 1 aromatic carbocycles. The van der Waals surface area contributed by atoms with Crippen LogP contribution in [0.25, 0.3) is 28.0 Å². The van der Waals surface area contributed by atoms with Gasteiger partial charge in [0.05, 0.1) is 16.3 Å². The fourth-order valence-corrected chi connectivity index (χ4v) is 3.19. The lowest BCUT2D eigenvalue weighted by molar-refractivity contribution is 0.581. The average Bonchev–Trinajstić information content (AvgIpc) is 3.15. The Kier molecular flexibility index (Phi) is 2.80. The summed E-state index contributed by atoms with van der Waals surface area (Å²) in [6, 6.07) is 7.39. The predicted octanol–water partition coefficient (Wildman–Crippen LogP) is 4.07. The van der Waals surface area contributed by atoms with E-state index < -0.39 is 0 Å². The Morgan fingerprint density at radius 1 is 1.19 bits per heavy atom. The van der Waals surface area contributed by atoms with Crippen molar-refractivity contribution in [3.8, 4) is 23.0 Å². The van der Waals surface area contributed by atoms with E-state index in [-0.39, 0.29) is 0 Å². The fraction of sp³-hybridized carbons (Fsp3) is 0.0714. The Labute approximate surface area is 128 Å². The van der Waals surface area contributed by atoms with Gasteiger partial charge in [0.1, 0.15) is 5.69 Å². The molecule has 0 N–H and O–H groups in total. The van der Waals surface area contributed by atoms with Gasteiger partial charge in [-0.15, -0.1) is 21.5 Å². The minimum atomic E-state index is 0.403. The van der Waals surface area contributed by atoms with Crippen LogP contribution in [0.15, 0.2) is 40.3 Å². The van der Waals surface area contributed by atoms with Crippen LogP contribution in [-0.2, 0) is 0 Å². The molecule has 0 saturated carbocycles. The van der Waals surface area contributed by atoms with E-state index in [0.29, 0.717) is 16.8 Å². The number of rotatable bonds is 2. The normalized spacial score (nSPS) is 11.3. The second kappa shape index (κ2) is 4.68. The lowest BCUT2D eigenvalue weighted by Gasteiger charge is -1.97. The van der Waals surface area contributed by atoms with E-state index in [0.717, 1.165) is 21.9 Å². The molecule has 0 aliphatic rings. The van der Waals surface area contributed by atoms with Crippen molar-refractivity contribution < 1.29 is 4.42 Å². The first kappa shape index (κ1) is 12.6. The molecule has 3 aromatic heterocycles. The second-order valence-electron chi connectivity index (χ2n) is 4.49. The van der Waals surface area contributed by atoms with Crippen LogP contribution in [0.3, 0.4) is 0 Å². The van der Waals surface area contributed by atoms with Crippen LogP contribution in [-0.4, -0.2) is 19.6 Å². The van der Waals surface area contributed by atoms with Crippen LogP contribution < -0.4 is 0 Å². The van der Waals surface area contributed by atoms with Crippen molar-refractivity contribution in [3.63, 3.8) is 0 Å². The van der Waals surface area contributed by atoms with Crippen molar-refractivity contribution in [3.05, 3.63) is 46.6 Å². The smallest absolute Gasteiger partial charge is 0.266 e. The Morgan fingerprint density at radius 3 is 2.86 bits per heavy atom. The Balaban J connectivity index is 1.87. The van der Waals surface area contributed by atoms with E-state index in [1.165, 1.54) is 0 Å². The van der Waals surface area contributed by atoms with Gasteiger partial charge in [0.25, 0.3) is 5.89 Å². The molecule has 0 aliphatic carbocycles. The first-order valence-electron chi connectivity index (χ1n) is 6.25. The SMILES string of the molecule is Cc1nc2sccn2c1-c1nnc(-c2ccccc2Cl)o1. The highest BCUT2D eigenvalue weighted by Crippen LogP contribution is 2.31. The van der Waals surface area contributed by atoms with Gasteiger partial charge in [-0.3, -0.25) is 4.40 Å². The van der Waals surface area contributed by atoms with Crippen LogP contribution in [0, 0.1) is 6.92 Å². The van der Waals surface area contributed by atoms with Gasteiger partial charge in [0, 0.05) is 11.6 Å². The molecule has 4 aromatic rings. The zero-order valence-electron chi connectivity index (χ0n) is 10.9. The largest absolute Gasteiger partial charge is 0.415 e. The van der Waals surface area contributed by atoms with E-state index in [4.69, 9.17) is 16.0 Å². The number of thiazole rings is 1. The average molecular weight is 317 g/mol. The number of nitrogens with zero attached hydrogens (tertiary/aromatic N) is 4. The van der Waals surface area contributed by atoms with Gasteiger partial charge in [0.15, 0.2) is 4.96 Å². The highest BCUT2D eigenvalue weighted by atomic mass is 35.5. The molecule has 4 rings (SSSR count). The summed E-state index contributed by atoms with van der Waals surface area (Å²) in [5.41, 5.74) is 2.40. The maximum absolute atomic E-state index is 6.16. The summed E-state index contributed by atoms with van der Waals surface area (Å²) in [5, 5.41) is 10.8. The number of aromatic nitrogens is 4. The molecular formula is C14H9ClN4OS. The number of hydrogen-bond acceptors (Lipinski definition) is 5. The highest BCUT2D eigenvalue weighted by molar-refractivity contribution is 7.15. The van der Waals surface area contributed by atoms with E-state index in [1.807, 2.05) is 41.1 Å². The lowest BCUT2D eigenvalue weighted by atomic mass is 10.2. The summed E-state index contributed by atoms with van der Waals surface area (Å²) < 4.78 is 7.74. The quantitative estimate of drug-likeness (QED) is 0.559. The number of fused-ring (bicyclic) bond motifs is 1. The number of halogens is 1. The number of benzene rings is 1. The molecule has 5 nitrogen and oxygen atoms in total. The van der Waals surface area contributed by atoms with Gasteiger partial charge in [-0.25, -0.2) is 4.98 Å². The predicted molar refractivity (Wildman–Crippen MR) is 81.5 cm³/mol. The molecule has 0 spiro atoms. The van der Waals surface area contributed by atoms with Crippen molar-refractivity contribution in [2.75, 3.05) is 0 Å². The molecule has 0 radical (unpaired) electrons. The molecule has 0 atom stereocenters. The Hall–Kier alpha value is -2.18. The number of imidazole rings is 1. The van der Waals surface area contributed by atoms with E-state index in [1.54, 1.807) is 17.4 Å². The fourth-order valence-electron chi connectivity index (χ4n) is 2.21. The first-order valence-corrected chi connectivity index (χ1v) is 7.51. The van der Waals surface area contributed by atoms with Crippen LogP contribution >= 0.6 is 22.9 Å². The zero-order chi connectivity index (χ0) is 14.4. The first-order chi connectivity index (χ1) is 10.2. The van der Waals surface area contributed by atoms with Crippen molar-refractivity contribution in [1.82, 2.24) is 19.6 Å². The van der Waals surface area contributed by atoms with Gasteiger partial charge in [-0.1, -0.05) is 23.7 Å². The van der Waals surface area contributed by atoms with Crippen molar-refractivity contribution >= 4 is 27.9 Å². The van der Waals surface area contributed by atoms with Gasteiger partial charge in [-0.2, -0.15) is 0 Å². The van der Waals surface area contributed by atoms with Gasteiger partial charge < -0.3 is 4.42 Å². The maximum atomic E-state index is 6.16. The third-order valence-electron chi connectivity index (χ3n) is 3.17. The topological polar surface area (TPSA) is 56.2 Å². The molecule has 3 heterocycles. The summed E-state index contributed by atoms with van der Waals surface area (Å²) >= 11 is 7.72. The van der Waals surface area contributed by atoms with E-state index in [2.05, 4.69) is 15.2 Å². The third kappa shape index (κ3) is 1.95. The van der Waals surface area contributed by atoms with Crippen molar-refractivity contribution in [1.29, 1.82) is 0 Å². The maximum Gasteiger partial charge on any atom is 0.266 e. The summed E-state index contributed by atoms with van der Waals surface area (Å²) in [6.07, 6.45) is 1.94. The minimum absolute atomic E-state index is 0.403. The Bertz CT molecular complexity index is 939. The van der Waals surface area contributed by atoms with Crippen LogP contribution in [0.1, 0.15) is 5.69 Å². The molecule has 0 bridgehead atoms. The second-order valence-corrected chi connectivity index (χ2v) is 5.77. The van der Waals surface area contributed by atoms with Crippen LogP contribution in [0.2, 0.25) is 5.02 Å². The standard InChI is InChI=1S/C14H9ClN4OS/c1-8-11(19-6-7-21-14(19)16-8)13-18-17-12(20-13)9-4-2-3-5-10(9)15/h2-7H,1H3. The van der Waals surface area contributed by atoms with Gasteiger partial charge in [-0.05, 0) is 19.1 Å². The highest BCUT2D eigenvalue weighted by Gasteiger charge is 2.19. The summed E-state index contributed by atoms with van der Waals surface area (Å²) in [7, 11) is 0. The molecule has 0 amide bonds. The summed E-state index contributed by atoms with van der Waals surface area (Å²) in [6.45, 7) is 1.93. The van der Waals surface area contributed by atoms with Gasteiger partial charge in [0.2, 0.25) is 5.89 Å².